The lowest BCUT2D eigenvalue weighted by molar-refractivity contribution is -0.136. The molecule has 0 atom stereocenters. The summed E-state index contributed by atoms with van der Waals surface area (Å²) in [7, 11) is -2.20. The zero-order chi connectivity index (χ0) is 18.7. The summed E-state index contributed by atoms with van der Waals surface area (Å²) < 4.78 is 26.4. The van der Waals surface area contributed by atoms with Crippen LogP contribution in [0.25, 0.3) is 0 Å². The van der Waals surface area contributed by atoms with Gasteiger partial charge in [0.05, 0.1) is 6.54 Å². The second-order valence-corrected chi connectivity index (χ2v) is 10.0. The highest BCUT2D eigenvalue weighted by atomic mass is 32.2. The Bertz CT molecular complexity index is 795. The van der Waals surface area contributed by atoms with Crippen molar-refractivity contribution in [2.45, 2.75) is 37.1 Å². The van der Waals surface area contributed by atoms with Crippen molar-refractivity contribution in [3.05, 3.63) is 53.4 Å². The van der Waals surface area contributed by atoms with Crippen LogP contribution in [0.4, 0.5) is 0 Å². The Morgan fingerprint density at radius 3 is 2.24 bits per heavy atom. The van der Waals surface area contributed by atoms with Crippen LogP contribution in [-0.4, -0.2) is 42.7 Å². The molecule has 0 spiro atoms. The van der Waals surface area contributed by atoms with E-state index in [0.29, 0.717) is 6.54 Å². The first-order valence-corrected chi connectivity index (χ1v) is 10.3. The maximum atomic E-state index is 12.8. The maximum absolute atomic E-state index is 12.8. The molecule has 0 bridgehead atoms. The van der Waals surface area contributed by atoms with Crippen LogP contribution in [0.3, 0.4) is 0 Å². The van der Waals surface area contributed by atoms with Gasteiger partial charge in [-0.25, -0.2) is 8.42 Å². The lowest BCUT2D eigenvalue weighted by Gasteiger charge is -2.36. The third kappa shape index (κ3) is 4.90. The fraction of sp³-hybridized carbons (Fsp3) is 0.389. The summed E-state index contributed by atoms with van der Waals surface area (Å²) in [5.74, 6) is -0.223. The lowest BCUT2D eigenvalue weighted by Crippen LogP contribution is -2.49. The van der Waals surface area contributed by atoms with E-state index in [2.05, 4.69) is 0 Å². The standard InChI is InChI=1S/C18H24N2O3S2/c1-18(2,3)20(13-15-9-6-5-7-10-15)16(21)14-19(4)25(22,23)17-11-8-12-24-17/h5-12H,13-14H2,1-4H3. The second-order valence-electron chi connectivity index (χ2n) is 6.83. The van der Waals surface area contributed by atoms with Gasteiger partial charge in [0, 0.05) is 19.1 Å². The molecule has 0 N–H and O–H groups in total. The molecule has 0 aliphatic carbocycles. The van der Waals surface area contributed by atoms with Gasteiger partial charge in [-0.2, -0.15) is 4.31 Å². The molecule has 0 radical (unpaired) electrons. The highest BCUT2D eigenvalue weighted by Crippen LogP contribution is 2.22. The molecule has 0 aliphatic heterocycles. The molecule has 5 nitrogen and oxygen atoms in total. The highest BCUT2D eigenvalue weighted by molar-refractivity contribution is 7.91. The Kier molecular flexibility index (Phi) is 6.03. The van der Waals surface area contributed by atoms with Gasteiger partial charge in [0.1, 0.15) is 4.21 Å². The minimum Gasteiger partial charge on any atom is -0.332 e. The summed E-state index contributed by atoms with van der Waals surface area (Å²) in [4.78, 5) is 14.6. The Morgan fingerprint density at radius 1 is 1.08 bits per heavy atom. The van der Waals surface area contributed by atoms with E-state index in [-0.39, 0.29) is 16.7 Å². The first-order valence-electron chi connectivity index (χ1n) is 7.96. The molecule has 0 unspecified atom stereocenters. The summed E-state index contributed by atoms with van der Waals surface area (Å²) in [5.41, 5.74) is 0.593. The molecule has 7 heteroatoms. The van der Waals surface area contributed by atoms with E-state index < -0.39 is 15.6 Å². The molecule has 1 amide bonds. The minimum absolute atomic E-state index is 0.190. The quantitative estimate of drug-likeness (QED) is 0.773. The number of sulfonamides is 1. The number of likely N-dealkylation sites (N-methyl/N-ethyl adjacent to an activating group) is 1. The predicted molar refractivity (Wildman–Crippen MR) is 101 cm³/mol. The van der Waals surface area contributed by atoms with Gasteiger partial charge in [-0.3, -0.25) is 4.79 Å². The molecule has 25 heavy (non-hydrogen) atoms. The van der Waals surface area contributed by atoms with Gasteiger partial charge >= 0.3 is 0 Å². The van der Waals surface area contributed by atoms with E-state index in [4.69, 9.17) is 0 Å². The number of carbonyl (C=O) groups is 1. The molecule has 136 valence electrons. The predicted octanol–water partition coefficient (Wildman–Crippen LogP) is 3.20. The van der Waals surface area contributed by atoms with Crippen LogP contribution in [0.15, 0.2) is 52.1 Å². The van der Waals surface area contributed by atoms with Gasteiger partial charge in [0.2, 0.25) is 5.91 Å². The Morgan fingerprint density at radius 2 is 1.72 bits per heavy atom. The Hall–Kier alpha value is -1.70. The average Bonchev–Trinajstić information content (AvgIpc) is 3.07. The number of hydrogen-bond donors (Lipinski definition) is 0. The minimum atomic E-state index is -3.64. The van der Waals surface area contributed by atoms with Gasteiger partial charge in [-0.1, -0.05) is 36.4 Å². The van der Waals surface area contributed by atoms with Gasteiger partial charge in [-0.15, -0.1) is 11.3 Å². The van der Waals surface area contributed by atoms with E-state index in [1.54, 1.807) is 22.4 Å². The molecule has 0 saturated heterocycles. The smallest absolute Gasteiger partial charge is 0.252 e. The first-order chi connectivity index (χ1) is 11.6. The van der Waals surface area contributed by atoms with Crippen molar-refractivity contribution in [3.8, 4) is 0 Å². The summed E-state index contributed by atoms with van der Waals surface area (Å²) in [6, 6.07) is 12.9. The van der Waals surface area contributed by atoms with E-state index >= 15 is 0 Å². The summed E-state index contributed by atoms with van der Waals surface area (Å²) in [6.45, 7) is 6.09. The molecule has 2 rings (SSSR count). The topological polar surface area (TPSA) is 57.7 Å². The number of nitrogens with zero attached hydrogens (tertiary/aromatic N) is 2. The van der Waals surface area contributed by atoms with Crippen molar-refractivity contribution in [3.63, 3.8) is 0 Å². The number of carbonyl (C=O) groups excluding carboxylic acids is 1. The van der Waals surface area contributed by atoms with Gasteiger partial charge < -0.3 is 4.90 Å². The number of hydrogen-bond acceptors (Lipinski definition) is 4. The first kappa shape index (κ1) is 19.6. The van der Waals surface area contributed by atoms with Crippen LogP contribution in [0, 0.1) is 0 Å². The SMILES string of the molecule is CN(CC(=O)N(Cc1ccccc1)C(C)(C)C)S(=O)(=O)c1cccs1. The highest BCUT2D eigenvalue weighted by Gasteiger charge is 2.30. The van der Waals surface area contributed by atoms with E-state index in [9.17, 15) is 13.2 Å². The Balaban J connectivity index is 2.17. The third-order valence-corrected chi connectivity index (χ3v) is 6.99. The van der Waals surface area contributed by atoms with Crippen molar-refractivity contribution in [2.24, 2.45) is 0 Å². The summed E-state index contributed by atoms with van der Waals surface area (Å²) >= 11 is 1.15. The van der Waals surface area contributed by atoms with Crippen LogP contribution in [0.1, 0.15) is 26.3 Å². The molecule has 1 heterocycles. The molecule has 1 aromatic carbocycles. The zero-order valence-electron chi connectivity index (χ0n) is 15.0. The van der Waals surface area contributed by atoms with Gasteiger partial charge in [0.25, 0.3) is 10.0 Å². The number of rotatable bonds is 6. The van der Waals surface area contributed by atoms with Crippen molar-refractivity contribution in [1.29, 1.82) is 0 Å². The summed E-state index contributed by atoms with van der Waals surface area (Å²) in [5, 5.41) is 1.71. The number of amides is 1. The molecular weight excluding hydrogens is 356 g/mol. The van der Waals surface area contributed by atoms with Crippen molar-refractivity contribution in [2.75, 3.05) is 13.6 Å². The molecule has 0 aliphatic rings. The number of thiophene rings is 1. The number of benzene rings is 1. The Labute approximate surface area is 153 Å². The van der Waals surface area contributed by atoms with E-state index in [1.807, 2.05) is 51.1 Å². The molecule has 1 aromatic heterocycles. The fourth-order valence-electron chi connectivity index (χ4n) is 2.39. The normalized spacial score (nSPS) is 12.4. The monoisotopic (exact) mass is 380 g/mol. The molecule has 2 aromatic rings. The average molecular weight is 381 g/mol. The van der Waals surface area contributed by atoms with Crippen LogP contribution in [0.2, 0.25) is 0 Å². The van der Waals surface area contributed by atoms with Crippen molar-refractivity contribution in [1.82, 2.24) is 9.21 Å². The second kappa shape index (κ2) is 7.68. The van der Waals surface area contributed by atoms with E-state index in [1.165, 1.54) is 7.05 Å². The lowest BCUT2D eigenvalue weighted by atomic mass is 10.0. The van der Waals surface area contributed by atoms with Crippen LogP contribution in [-0.2, 0) is 21.4 Å². The van der Waals surface area contributed by atoms with Crippen LogP contribution < -0.4 is 0 Å². The van der Waals surface area contributed by atoms with Crippen LogP contribution >= 0.6 is 11.3 Å². The largest absolute Gasteiger partial charge is 0.332 e. The van der Waals surface area contributed by atoms with E-state index in [0.717, 1.165) is 21.2 Å². The zero-order valence-corrected chi connectivity index (χ0v) is 16.6. The molecule has 0 saturated carbocycles. The van der Waals surface area contributed by atoms with Gasteiger partial charge in [0.15, 0.2) is 0 Å². The van der Waals surface area contributed by atoms with Gasteiger partial charge in [-0.05, 0) is 37.8 Å². The maximum Gasteiger partial charge on any atom is 0.252 e. The van der Waals surface area contributed by atoms with Crippen molar-refractivity contribution >= 4 is 27.3 Å². The van der Waals surface area contributed by atoms with Crippen molar-refractivity contribution < 1.29 is 13.2 Å². The molecular formula is C18H24N2O3S2. The summed E-state index contributed by atoms with van der Waals surface area (Å²) in [6.07, 6.45) is 0. The fourth-order valence-corrected chi connectivity index (χ4v) is 4.71. The van der Waals surface area contributed by atoms with Crippen LogP contribution in [0.5, 0.6) is 0 Å². The molecule has 0 fully saturated rings. The third-order valence-electron chi connectivity index (χ3n) is 3.81.